The lowest BCUT2D eigenvalue weighted by Crippen LogP contribution is -2.58. The molecule has 1 amide bonds. The molecule has 1 N–H and O–H groups in total. The maximum absolute atomic E-state index is 13.0. The molecular weight excluding hydrogens is 322 g/mol. The normalized spacial score (nSPS) is 17.4. The molecule has 2 aromatic rings. The van der Waals surface area contributed by atoms with Gasteiger partial charge in [0.1, 0.15) is 6.17 Å². The van der Waals surface area contributed by atoms with Gasteiger partial charge in [-0.25, -0.2) is 0 Å². The summed E-state index contributed by atoms with van der Waals surface area (Å²) in [5.74, 6) is -0.261. The molecule has 1 fully saturated rings. The van der Waals surface area contributed by atoms with Crippen molar-refractivity contribution in [3.05, 3.63) is 58.3 Å². The Kier molecular flexibility index (Phi) is 5.40. The van der Waals surface area contributed by atoms with Crippen molar-refractivity contribution in [1.29, 1.82) is 0 Å². The van der Waals surface area contributed by atoms with Crippen molar-refractivity contribution in [2.75, 3.05) is 33.2 Å². The summed E-state index contributed by atoms with van der Waals surface area (Å²) < 4.78 is 0. The van der Waals surface area contributed by atoms with Crippen LogP contribution < -0.4 is 5.32 Å². The van der Waals surface area contributed by atoms with Gasteiger partial charge in [0, 0.05) is 31.7 Å². The highest BCUT2D eigenvalue weighted by atomic mass is 32.1. The quantitative estimate of drug-likeness (QED) is 0.843. The Morgan fingerprint density at radius 2 is 1.75 bits per heavy atom. The number of carbonyl (C=O) groups is 2. The average molecular weight is 343 g/mol. The second-order valence-corrected chi connectivity index (χ2v) is 6.87. The van der Waals surface area contributed by atoms with Crippen molar-refractivity contribution in [3.63, 3.8) is 0 Å². The largest absolute Gasteiger partial charge is 0.329 e. The maximum Gasteiger partial charge on any atom is 0.262 e. The van der Waals surface area contributed by atoms with Crippen LogP contribution in [0.25, 0.3) is 0 Å². The van der Waals surface area contributed by atoms with Gasteiger partial charge in [0.15, 0.2) is 5.78 Å². The van der Waals surface area contributed by atoms with E-state index in [0.29, 0.717) is 10.4 Å². The highest BCUT2D eigenvalue weighted by molar-refractivity contribution is 7.12. The molecule has 0 bridgehead atoms. The number of ketones is 1. The molecular formula is C18H21N3O2S. The molecule has 1 unspecified atom stereocenters. The van der Waals surface area contributed by atoms with E-state index in [1.54, 1.807) is 18.2 Å². The lowest BCUT2D eigenvalue weighted by atomic mass is 10.1. The summed E-state index contributed by atoms with van der Waals surface area (Å²) in [6.45, 7) is 3.27. The fraction of sp³-hybridized carbons (Fsp3) is 0.333. The molecule has 0 radical (unpaired) electrons. The number of benzene rings is 1. The lowest BCUT2D eigenvalue weighted by molar-refractivity contribution is 0.0578. The molecule has 1 aliphatic heterocycles. The number of nitrogens with one attached hydrogen (secondary N) is 1. The second kappa shape index (κ2) is 7.70. The Morgan fingerprint density at radius 3 is 2.38 bits per heavy atom. The van der Waals surface area contributed by atoms with E-state index >= 15 is 0 Å². The van der Waals surface area contributed by atoms with E-state index in [9.17, 15) is 9.59 Å². The predicted octanol–water partition coefficient (Wildman–Crippen LogP) is 1.93. The number of Topliss-reactive ketones (excluding diaryl/α,β-unsaturated/α-hetero) is 1. The summed E-state index contributed by atoms with van der Waals surface area (Å²) >= 11 is 1.38. The Hall–Kier alpha value is -2.02. The topological polar surface area (TPSA) is 52.6 Å². The maximum atomic E-state index is 13.0. The number of carbonyl (C=O) groups excluding carboxylic acids is 2. The van der Waals surface area contributed by atoms with Crippen molar-refractivity contribution >= 4 is 23.0 Å². The smallest absolute Gasteiger partial charge is 0.262 e. The SMILES string of the molecule is CN1CCN(C(NC(=O)c2cccs2)C(=O)c2ccccc2)CC1. The second-order valence-electron chi connectivity index (χ2n) is 5.92. The minimum atomic E-state index is -0.629. The van der Waals surface area contributed by atoms with Crippen molar-refractivity contribution in [2.24, 2.45) is 0 Å². The van der Waals surface area contributed by atoms with E-state index in [2.05, 4.69) is 22.2 Å². The van der Waals surface area contributed by atoms with Crippen molar-refractivity contribution < 1.29 is 9.59 Å². The van der Waals surface area contributed by atoms with Gasteiger partial charge in [-0.3, -0.25) is 14.5 Å². The van der Waals surface area contributed by atoms with Gasteiger partial charge in [-0.15, -0.1) is 11.3 Å². The van der Waals surface area contributed by atoms with E-state index in [1.165, 1.54) is 11.3 Å². The molecule has 0 saturated carbocycles. The zero-order valence-electron chi connectivity index (χ0n) is 13.6. The minimum absolute atomic E-state index is 0.0648. The number of rotatable bonds is 5. The standard InChI is InChI=1S/C18H21N3O2S/c1-20-9-11-21(12-10-20)17(16(22)14-6-3-2-4-7-14)19-18(23)15-8-5-13-24-15/h2-8,13,17H,9-12H2,1H3,(H,19,23). The average Bonchev–Trinajstić information content (AvgIpc) is 3.15. The number of amides is 1. The summed E-state index contributed by atoms with van der Waals surface area (Å²) in [6, 6.07) is 12.8. The summed E-state index contributed by atoms with van der Waals surface area (Å²) in [7, 11) is 2.07. The van der Waals surface area contributed by atoms with Crippen molar-refractivity contribution in [3.8, 4) is 0 Å². The predicted molar refractivity (Wildman–Crippen MR) is 95.4 cm³/mol. The fourth-order valence-corrected chi connectivity index (χ4v) is 3.39. The third-order valence-corrected chi connectivity index (χ3v) is 5.09. The highest BCUT2D eigenvalue weighted by Crippen LogP contribution is 2.13. The first-order valence-corrected chi connectivity index (χ1v) is 8.89. The Balaban J connectivity index is 1.80. The first-order valence-electron chi connectivity index (χ1n) is 8.01. The molecule has 3 rings (SSSR count). The molecule has 1 aromatic heterocycles. The fourth-order valence-electron chi connectivity index (χ4n) is 2.77. The molecule has 5 nitrogen and oxygen atoms in total. The highest BCUT2D eigenvalue weighted by Gasteiger charge is 2.30. The first-order chi connectivity index (χ1) is 11.6. The number of piperazine rings is 1. The number of thiophene rings is 1. The van der Waals surface area contributed by atoms with Gasteiger partial charge >= 0.3 is 0 Å². The van der Waals surface area contributed by atoms with E-state index in [-0.39, 0.29) is 11.7 Å². The summed E-state index contributed by atoms with van der Waals surface area (Å²) in [4.78, 5) is 30.3. The van der Waals surface area contributed by atoms with E-state index in [1.807, 2.05) is 29.6 Å². The summed E-state index contributed by atoms with van der Waals surface area (Å²) in [5, 5.41) is 4.79. The minimum Gasteiger partial charge on any atom is -0.329 e. The van der Waals surface area contributed by atoms with Crippen LogP contribution in [0.5, 0.6) is 0 Å². The van der Waals surface area contributed by atoms with Crippen molar-refractivity contribution in [2.45, 2.75) is 6.17 Å². The third kappa shape index (κ3) is 3.90. The Morgan fingerprint density at radius 1 is 1.04 bits per heavy atom. The molecule has 6 heteroatoms. The van der Waals surface area contributed by atoms with Gasteiger partial charge < -0.3 is 10.2 Å². The third-order valence-electron chi connectivity index (χ3n) is 4.22. The van der Waals surface area contributed by atoms with Gasteiger partial charge in [0.25, 0.3) is 5.91 Å². The van der Waals surface area contributed by atoms with E-state index < -0.39 is 6.17 Å². The molecule has 1 aromatic carbocycles. The molecule has 2 heterocycles. The van der Waals surface area contributed by atoms with Crippen LogP contribution in [0.3, 0.4) is 0 Å². The van der Waals surface area contributed by atoms with Gasteiger partial charge in [-0.05, 0) is 18.5 Å². The molecule has 1 atom stereocenters. The summed E-state index contributed by atoms with van der Waals surface area (Å²) in [5.41, 5.74) is 0.618. The molecule has 1 saturated heterocycles. The Bertz CT molecular complexity index is 680. The van der Waals surface area contributed by atoms with Crippen LogP contribution in [-0.2, 0) is 0 Å². The number of hydrogen-bond donors (Lipinski definition) is 1. The number of nitrogens with zero attached hydrogens (tertiary/aromatic N) is 2. The molecule has 1 aliphatic rings. The van der Waals surface area contributed by atoms with Crippen LogP contribution in [0.15, 0.2) is 47.8 Å². The zero-order valence-corrected chi connectivity index (χ0v) is 14.5. The van der Waals surface area contributed by atoms with Gasteiger partial charge in [-0.1, -0.05) is 36.4 Å². The van der Waals surface area contributed by atoms with Gasteiger partial charge in [0.2, 0.25) is 0 Å². The number of hydrogen-bond acceptors (Lipinski definition) is 5. The van der Waals surface area contributed by atoms with Crippen molar-refractivity contribution in [1.82, 2.24) is 15.1 Å². The molecule has 24 heavy (non-hydrogen) atoms. The van der Waals surface area contributed by atoms with E-state index in [0.717, 1.165) is 26.2 Å². The van der Waals surface area contributed by atoms with E-state index in [4.69, 9.17) is 0 Å². The molecule has 0 spiro atoms. The lowest BCUT2D eigenvalue weighted by Gasteiger charge is -2.37. The van der Waals surface area contributed by atoms with Crippen LogP contribution in [-0.4, -0.2) is 60.9 Å². The molecule has 0 aliphatic carbocycles. The Labute approximate surface area is 145 Å². The molecule has 126 valence electrons. The monoisotopic (exact) mass is 343 g/mol. The van der Waals surface area contributed by atoms with Crippen LogP contribution >= 0.6 is 11.3 Å². The zero-order chi connectivity index (χ0) is 16.9. The first kappa shape index (κ1) is 16.8. The van der Waals surface area contributed by atoms with Crippen LogP contribution in [0.1, 0.15) is 20.0 Å². The van der Waals surface area contributed by atoms with Crippen LogP contribution in [0.4, 0.5) is 0 Å². The van der Waals surface area contributed by atoms with Crippen LogP contribution in [0.2, 0.25) is 0 Å². The van der Waals surface area contributed by atoms with Gasteiger partial charge in [-0.2, -0.15) is 0 Å². The van der Waals surface area contributed by atoms with Gasteiger partial charge in [0.05, 0.1) is 4.88 Å². The van der Waals surface area contributed by atoms with Crippen LogP contribution in [0, 0.1) is 0 Å². The number of likely N-dealkylation sites (N-methyl/N-ethyl adjacent to an activating group) is 1. The summed E-state index contributed by atoms with van der Waals surface area (Å²) in [6.07, 6.45) is -0.629.